The van der Waals surface area contributed by atoms with Gasteiger partial charge in [0.25, 0.3) is 10.0 Å². The lowest BCUT2D eigenvalue weighted by molar-refractivity contribution is 0.245. The Labute approximate surface area is 147 Å². The van der Waals surface area contributed by atoms with Crippen LogP contribution in [0.4, 0.5) is 4.79 Å². The van der Waals surface area contributed by atoms with Crippen molar-refractivity contribution in [3.05, 3.63) is 53.6 Å². The molecule has 0 heterocycles. The molecule has 2 aromatic carbocycles. The summed E-state index contributed by atoms with van der Waals surface area (Å²) < 4.78 is 36.7. The maximum Gasteiger partial charge on any atom is 0.328 e. The molecule has 0 unspecified atom stereocenters. The van der Waals surface area contributed by atoms with Crippen molar-refractivity contribution in [2.24, 2.45) is 0 Å². The van der Waals surface area contributed by atoms with E-state index in [1.807, 2.05) is 11.6 Å². The first-order valence-corrected chi connectivity index (χ1v) is 8.92. The number of hydrogen-bond donors (Lipinski definition) is 2. The fraction of sp³-hybridized carbons (Fsp3) is 0.235. The summed E-state index contributed by atoms with van der Waals surface area (Å²) in [4.78, 5) is 12.0. The number of sulfonamides is 1. The van der Waals surface area contributed by atoms with Crippen LogP contribution in [0, 0.1) is 6.92 Å². The van der Waals surface area contributed by atoms with Gasteiger partial charge in [-0.1, -0.05) is 17.7 Å². The zero-order valence-corrected chi connectivity index (χ0v) is 15.0. The van der Waals surface area contributed by atoms with Gasteiger partial charge in [-0.3, -0.25) is 0 Å². The molecule has 2 amide bonds. The summed E-state index contributed by atoms with van der Waals surface area (Å²) in [5, 5.41) is 2.50. The molecule has 7 nitrogen and oxygen atoms in total. The highest BCUT2D eigenvalue weighted by molar-refractivity contribution is 7.90. The van der Waals surface area contributed by atoms with Crippen LogP contribution in [0.2, 0.25) is 0 Å². The average Bonchev–Trinajstić information content (AvgIpc) is 2.59. The van der Waals surface area contributed by atoms with Gasteiger partial charge in [0.2, 0.25) is 0 Å². The number of methoxy groups -OCH3 is 2. The predicted octanol–water partition coefficient (Wildman–Crippen LogP) is 2.20. The van der Waals surface area contributed by atoms with Gasteiger partial charge >= 0.3 is 6.03 Å². The number of amides is 2. The quantitative estimate of drug-likeness (QED) is 0.820. The summed E-state index contributed by atoms with van der Waals surface area (Å²) in [5.41, 5.74) is 1.58. The Hall–Kier alpha value is -2.74. The van der Waals surface area contributed by atoms with Gasteiger partial charge in [0.1, 0.15) is 11.5 Å². The van der Waals surface area contributed by atoms with E-state index in [0.717, 1.165) is 5.56 Å². The van der Waals surface area contributed by atoms with Crippen molar-refractivity contribution in [1.29, 1.82) is 0 Å². The molecule has 0 spiro atoms. The van der Waals surface area contributed by atoms with Gasteiger partial charge in [-0.15, -0.1) is 0 Å². The summed E-state index contributed by atoms with van der Waals surface area (Å²) in [6.07, 6.45) is 0. The van der Waals surface area contributed by atoms with Gasteiger partial charge in [-0.2, -0.15) is 0 Å². The molecule has 2 N–H and O–H groups in total. The number of benzene rings is 2. The second kappa shape index (κ2) is 7.89. The molecule has 0 saturated carbocycles. The average molecular weight is 364 g/mol. The van der Waals surface area contributed by atoms with Crippen molar-refractivity contribution < 1.29 is 22.7 Å². The van der Waals surface area contributed by atoms with E-state index in [4.69, 9.17) is 9.47 Å². The molecule has 2 rings (SSSR count). The second-order valence-electron chi connectivity index (χ2n) is 5.28. The molecule has 0 radical (unpaired) electrons. The Morgan fingerprint density at radius 3 is 2.32 bits per heavy atom. The number of hydrogen-bond acceptors (Lipinski definition) is 5. The van der Waals surface area contributed by atoms with Crippen LogP contribution in [-0.4, -0.2) is 28.7 Å². The molecule has 0 saturated heterocycles. The molecule has 0 aliphatic rings. The third-order valence-corrected chi connectivity index (χ3v) is 4.83. The summed E-state index contributed by atoms with van der Waals surface area (Å²) in [7, 11) is -0.892. The maximum absolute atomic E-state index is 12.2. The highest BCUT2D eigenvalue weighted by atomic mass is 32.2. The summed E-state index contributed by atoms with van der Waals surface area (Å²) in [6.45, 7) is 1.92. The number of ether oxygens (including phenoxy) is 2. The Balaban J connectivity index is 2.04. The second-order valence-corrected chi connectivity index (χ2v) is 6.96. The van der Waals surface area contributed by atoms with Crippen molar-refractivity contribution in [2.45, 2.75) is 18.4 Å². The van der Waals surface area contributed by atoms with Crippen molar-refractivity contribution in [2.75, 3.05) is 14.2 Å². The number of nitrogens with one attached hydrogen (secondary N) is 2. The molecule has 0 fully saturated rings. The fourth-order valence-corrected chi connectivity index (χ4v) is 3.06. The minimum absolute atomic E-state index is 0.0206. The van der Waals surface area contributed by atoms with Gasteiger partial charge in [0, 0.05) is 12.1 Å². The van der Waals surface area contributed by atoms with Crippen molar-refractivity contribution in [3.8, 4) is 11.5 Å². The largest absolute Gasteiger partial charge is 0.497 e. The molecular formula is C17H20N2O5S. The number of urea groups is 1. The first-order chi connectivity index (χ1) is 11.9. The maximum atomic E-state index is 12.2. The zero-order chi connectivity index (χ0) is 18.4. The Morgan fingerprint density at radius 2 is 1.72 bits per heavy atom. The van der Waals surface area contributed by atoms with Crippen LogP contribution < -0.4 is 19.5 Å². The third-order valence-electron chi connectivity index (χ3n) is 3.49. The van der Waals surface area contributed by atoms with Gasteiger partial charge < -0.3 is 14.8 Å². The predicted molar refractivity (Wildman–Crippen MR) is 93.3 cm³/mol. The van der Waals surface area contributed by atoms with Crippen molar-refractivity contribution >= 4 is 16.1 Å². The molecule has 0 atom stereocenters. The lowest BCUT2D eigenvalue weighted by atomic mass is 10.2. The first-order valence-electron chi connectivity index (χ1n) is 7.44. The number of carbonyl (C=O) groups excluding carboxylic acids is 1. The number of rotatable bonds is 6. The molecular weight excluding hydrogens is 344 g/mol. The molecule has 0 bridgehead atoms. The van der Waals surface area contributed by atoms with Crippen LogP contribution in [0.1, 0.15) is 11.1 Å². The van der Waals surface area contributed by atoms with Crippen LogP contribution in [0.5, 0.6) is 11.5 Å². The SMILES string of the molecule is COc1ccc(OC)c(CNC(=O)NS(=O)(=O)c2ccc(C)cc2)c1. The van der Waals surface area contributed by atoms with E-state index in [1.165, 1.54) is 26.4 Å². The van der Waals surface area contributed by atoms with Crippen molar-refractivity contribution in [3.63, 3.8) is 0 Å². The molecule has 2 aromatic rings. The third kappa shape index (κ3) is 4.87. The molecule has 8 heteroatoms. The zero-order valence-electron chi connectivity index (χ0n) is 14.2. The van der Waals surface area contributed by atoms with Crippen LogP contribution in [-0.2, 0) is 16.6 Å². The topological polar surface area (TPSA) is 93.7 Å². The molecule has 25 heavy (non-hydrogen) atoms. The molecule has 0 aromatic heterocycles. The lowest BCUT2D eigenvalue weighted by Gasteiger charge is -2.12. The van der Waals surface area contributed by atoms with E-state index in [1.54, 1.807) is 30.3 Å². The highest BCUT2D eigenvalue weighted by Gasteiger charge is 2.17. The van der Waals surface area contributed by atoms with Gasteiger partial charge in [-0.25, -0.2) is 17.9 Å². The summed E-state index contributed by atoms with van der Waals surface area (Å²) >= 11 is 0. The van der Waals surface area contributed by atoms with Crippen LogP contribution in [0.15, 0.2) is 47.4 Å². The smallest absolute Gasteiger partial charge is 0.328 e. The van der Waals surface area contributed by atoms with Crippen LogP contribution in [0.25, 0.3) is 0 Å². The van der Waals surface area contributed by atoms with E-state index >= 15 is 0 Å². The van der Waals surface area contributed by atoms with E-state index in [0.29, 0.717) is 17.1 Å². The van der Waals surface area contributed by atoms with E-state index in [-0.39, 0.29) is 11.4 Å². The lowest BCUT2D eigenvalue weighted by Crippen LogP contribution is -2.39. The van der Waals surface area contributed by atoms with E-state index < -0.39 is 16.1 Å². The fourth-order valence-electron chi connectivity index (χ4n) is 2.13. The molecule has 134 valence electrons. The Kier molecular flexibility index (Phi) is 5.87. The normalized spacial score (nSPS) is 10.8. The standard InChI is InChI=1S/C17H20N2O5S/c1-12-4-7-15(8-5-12)25(21,22)19-17(20)18-11-13-10-14(23-2)6-9-16(13)24-3/h4-10H,11H2,1-3H3,(H2,18,19,20). The Bertz CT molecular complexity index is 848. The molecule has 0 aliphatic heterocycles. The van der Waals surface area contributed by atoms with Gasteiger partial charge in [0.05, 0.1) is 19.1 Å². The van der Waals surface area contributed by atoms with Gasteiger partial charge in [0.15, 0.2) is 0 Å². The minimum atomic E-state index is -3.93. The Morgan fingerprint density at radius 1 is 1.04 bits per heavy atom. The number of carbonyl (C=O) groups is 1. The monoisotopic (exact) mass is 364 g/mol. The highest BCUT2D eigenvalue weighted by Crippen LogP contribution is 2.23. The summed E-state index contributed by atoms with van der Waals surface area (Å²) in [5.74, 6) is 1.16. The minimum Gasteiger partial charge on any atom is -0.497 e. The first kappa shape index (κ1) is 18.6. The van der Waals surface area contributed by atoms with Crippen LogP contribution in [0.3, 0.4) is 0 Å². The number of aryl methyl sites for hydroxylation is 1. The van der Waals surface area contributed by atoms with Gasteiger partial charge in [-0.05, 0) is 37.3 Å². The van der Waals surface area contributed by atoms with E-state index in [2.05, 4.69) is 5.32 Å². The molecule has 0 aliphatic carbocycles. The van der Waals surface area contributed by atoms with Crippen LogP contribution >= 0.6 is 0 Å². The summed E-state index contributed by atoms with van der Waals surface area (Å²) in [6, 6.07) is 10.5. The van der Waals surface area contributed by atoms with E-state index in [9.17, 15) is 13.2 Å². The van der Waals surface area contributed by atoms with Crippen molar-refractivity contribution in [1.82, 2.24) is 10.0 Å².